The lowest BCUT2D eigenvalue weighted by atomic mass is 10.1. The molecule has 1 rings (SSSR count). The Hall–Kier alpha value is -0.290. The zero-order valence-corrected chi connectivity index (χ0v) is 15.7. The minimum Gasteiger partial charge on any atom is -0.489 e. The van der Waals surface area contributed by atoms with Crippen LogP contribution in [0, 0.1) is 0 Å². The highest BCUT2D eigenvalue weighted by Crippen LogP contribution is 2.15. The standard InChI is InChI=1S/C12H19NO.2C2H6.HI.H2/c1-3-5-11-6-4-7-12(8-11)14-10(2)9-13;2*1-2;;/h4,6-8,10H,3,5,9,13H2,1-2H3;2*1-2H3;2*1H/t10-;;;;/m0..../s1. The summed E-state index contributed by atoms with van der Waals surface area (Å²) in [5, 5.41) is 0. The van der Waals surface area contributed by atoms with E-state index in [1.807, 2.05) is 46.8 Å². The molecule has 3 heteroatoms. The van der Waals surface area contributed by atoms with Crippen LogP contribution in [0.5, 0.6) is 5.75 Å². The second kappa shape index (κ2) is 17.7. The molecular formula is C16H34INO. The Morgan fingerprint density at radius 1 is 1.21 bits per heavy atom. The van der Waals surface area contributed by atoms with Crippen LogP contribution in [0.3, 0.4) is 0 Å². The highest BCUT2D eigenvalue weighted by Gasteiger charge is 2.01. The predicted octanol–water partition coefficient (Wildman–Crippen LogP) is 5.28. The molecule has 1 aromatic rings. The maximum absolute atomic E-state index is 5.63. The molecule has 2 N–H and O–H groups in total. The molecule has 0 unspecified atom stereocenters. The van der Waals surface area contributed by atoms with Gasteiger partial charge < -0.3 is 10.5 Å². The lowest BCUT2D eigenvalue weighted by Gasteiger charge is -2.13. The number of hydrogen-bond acceptors (Lipinski definition) is 2. The van der Waals surface area contributed by atoms with E-state index in [2.05, 4.69) is 19.1 Å². The van der Waals surface area contributed by atoms with Crippen molar-refractivity contribution in [2.24, 2.45) is 5.73 Å². The van der Waals surface area contributed by atoms with Gasteiger partial charge in [0, 0.05) is 7.97 Å². The quantitative estimate of drug-likeness (QED) is 0.702. The molecule has 0 aliphatic rings. The van der Waals surface area contributed by atoms with Crippen molar-refractivity contribution in [2.75, 3.05) is 6.54 Å². The minimum atomic E-state index is 0. The van der Waals surface area contributed by atoms with E-state index in [0.717, 1.165) is 18.6 Å². The van der Waals surface area contributed by atoms with Crippen LogP contribution in [0.2, 0.25) is 0 Å². The summed E-state index contributed by atoms with van der Waals surface area (Å²) in [7, 11) is 0. The third-order valence-corrected chi connectivity index (χ3v) is 2.11. The Bertz CT molecular complexity index is 285. The van der Waals surface area contributed by atoms with E-state index in [0.29, 0.717) is 6.54 Å². The highest BCUT2D eigenvalue weighted by atomic mass is 127. The van der Waals surface area contributed by atoms with E-state index in [9.17, 15) is 0 Å². The topological polar surface area (TPSA) is 35.2 Å². The third-order valence-electron chi connectivity index (χ3n) is 2.11. The van der Waals surface area contributed by atoms with Gasteiger partial charge in [-0.1, -0.05) is 53.2 Å². The van der Waals surface area contributed by atoms with E-state index >= 15 is 0 Å². The van der Waals surface area contributed by atoms with Crippen LogP contribution in [-0.4, -0.2) is 12.6 Å². The summed E-state index contributed by atoms with van der Waals surface area (Å²) in [6, 6.07) is 8.23. The van der Waals surface area contributed by atoms with Crippen molar-refractivity contribution in [1.82, 2.24) is 0 Å². The predicted molar refractivity (Wildman–Crippen MR) is 99.8 cm³/mol. The van der Waals surface area contributed by atoms with E-state index < -0.39 is 0 Å². The summed E-state index contributed by atoms with van der Waals surface area (Å²) in [5.41, 5.74) is 6.82. The smallest absolute Gasteiger partial charge is 0.120 e. The zero-order valence-electron chi connectivity index (χ0n) is 13.4. The minimum absolute atomic E-state index is 0. The maximum atomic E-state index is 5.63. The monoisotopic (exact) mass is 383 g/mol. The van der Waals surface area contributed by atoms with Crippen molar-refractivity contribution in [1.29, 1.82) is 0 Å². The van der Waals surface area contributed by atoms with Crippen LogP contribution >= 0.6 is 24.0 Å². The second-order valence-electron chi connectivity index (χ2n) is 3.56. The Kier molecular flexibility index (Phi) is 22.2. The summed E-state index contributed by atoms with van der Waals surface area (Å²) >= 11 is 0. The molecule has 2 nitrogen and oxygen atoms in total. The number of benzene rings is 1. The van der Waals surface area contributed by atoms with Crippen LogP contribution in [0.15, 0.2) is 24.3 Å². The molecule has 0 heterocycles. The van der Waals surface area contributed by atoms with Gasteiger partial charge in [-0.15, -0.1) is 24.0 Å². The molecule has 116 valence electrons. The fraction of sp³-hybridized carbons (Fsp3) is 0.625. The molecule has 0 saturated heterocycles. The van der Waals surface area contributed by atoms with E-state index in [1.165, 1.54) is 5.56 Å². The van der Waals surface area contributed by atoms with Crippen molar-refractivity contribution in [3.63, 3.8) is 0 Å². The van der Waals surface area contributed by atoms with Crippen molar-refractivity contribution in [3.8, 4) is 5.75 Å². The number of rotatable bonds is 5. The van der Waals surface area contributed by atoms with Gasteiger partial charge in [-0.2, -0.15) is 0 Å². The molecular weight excluding hydrogens is 349 g/mol. The molecule has 0 amide bonds. The molecule has 0 aromatic heterocycles. The first-order chi connectivity index (χ1) is 8.76. The van der Waals surface area contributed by atoms with Crippen LogP contribution in [-0.2, 0) is 6.42 Å². The van der Waals surface area contributed by atoms with E-state index in [-0.39, 0.29) is 31.5 Å². The second-order valence-corrected chi connectivity index (χ2v) is 3.56. The first-order valence-electron chi connectivity index (χ1n) is 7.22. The van der Waals surface area contributed by atoms with Gasteiger partial charge in [-0.25, -0.2) is 0 Å². The highest BCUT2D eigenvalue weighted by molar-refractivity contribution is 14.0. The number of hydrogen-bond donors (Lipinski definition) is 1. The molecule has 0 spiro atoms. The molecule has 1 atom stereocenters. The van der Waals surface area contributed by atoms with Gasteiger partial charge in [0.2, 0.25) is 0 Å². The molecule has 0 radical (unpaired) electrons. The van der Waals surface area contributed by atoms with Gasteiger partial charge in [-0.3, -0.25) is 0 Å². The van der Waals surface area contributed by atoms with E-state index in [4.69, 9.17) is 10.5 Å². The van der Waals surface area contributed by atoms with Crippen molar-refractivity contribution in [2.45, 2.75) is 60.5 Å². The molecule has 19 heavy (non-hydrogen) atoms. The van der Waals surface area contributed by atoms with Gasteiger partial charge in [0.25, 0.3) is 0 Å². The van der Waals surface area contributed by atoms with Gasteiger partial charge in [-0.05, 0) is 31.0 Å². The van der Waals surface area contributed by atoms with Crippen molar-refractivity contribution < 1.29 is 6.16 Å². The molecule has 1 aromatic carbocycles. The summed E-state index contributed by atoms with van der Waals surface area (Å²) < 4.78 is 5.63. The van der Waals surface area contributed by atoms with Gasteiger partial charge >= 0.3 is 0 Å². The van der Waals surface area contributed by atoms with Crippen molar-refractivity contribution in [3.05, 3.63) is 29.8 Å². The SMILES string of the molecule is CC.CC.CCCc1cccc(O[C@@H](C)CN)c1.I.[HH]. The average Bonchev–Trinajstić information content (AvgIpc) is 2.44. The summed E-state index contributed by atoms with van der Waals surface area (Å²) in [6.45, 7) is 12.7. The summed E-state index contributed by atoms with van der Waals surface area (Å²) in [4.78, 5) is 0. The lowest BCUT2D eigenvalue weighted by molar-refractivity contribution is 0.229. The molecule has 0 bridgehead atoms. The Labute approximate surface area is 138 Å². The fourth-order valence-corrected chi connectivity index (χ4v) is 1.34. The number of aryl methyl sites for hydroxylation is 1. The van der Waals surface area contributed by atoms with Crippen LogP contribution in [0.25, 0.3) is 0 Å². The molecule has 0 saturated carbocycles. The zero-order chi connectivity index (χ0) is 14.4. The first-order valence-corrected chi connectivity index (χ1v) is 7.22. The summed E-state index contributed by atoms with van der Waals surface area (Å²) in [6.07, 6.45) is 2.36. The lowest BCUT2D eigenvalue weighted by Crippen LogP contribution is -2.22. The fourth-order valence-electron chi connectivity index (χ4n) is 1.34. The number of ether oxygens (including phenoxy) is 1. The van der Waals surface area contributed by atoms with Crippen molar-refractivity contribution >= 4 is 24.0 Å². The van der Waals surface area contributed by atoms with E-state index in [1.54, 1.807) is 0 Å². The maximum Gasteiger partial charge on any atom is 0.120 e. The average molecular weight is 383 g/mol. The van der Waals surface area contributed by atoms with Crippen LogP contribution in [0.1, 0.15) is 55.0 Å². The normalized spacial score (nSPS) is 9.84. The number of nitrogens with two attached hydrogens (primary N) is 1. The van der Waals surface area contributed by atoms with Crippen LogP contribution < -0.4 is 10.5 Å². The molecule has 0 fully saturated rings. The summed E-state index contributed by atoms with van der Waals surface area (Å²) in [5.74, 6) is 0.925. The Balaban J connectivity index is -0.000000196. The largest absolute Gasteiger partial charge is 0.489 e. The molecule has 0 aliphatic heterocycles. The molecule has 0 aliphatic carbocycles. The number of halogens is 1. The van der Waals surface area contributed by atoms with Gasteiger partial charge in [0.05, 0.1) is 0 Å². The first kappa shape index (κ1) is 23.8. The van der Waals surface area contributed by atoms with Gasteiger partial charge in [0.15, 0.2) is 0 Å². The van der Waals surface area contributed by atoms with Gasteiger partial charge in [0.1, 0.15) is 11.9 Å². The Morgan fingerprint density at radius 2 is 1.79 bits per heavy atom. The third kappa shape index (κ3) is 12.5. The Morgan fingerprint density at radius 3 is 2.26 bits per heavy atom. The van der Waals surface area contributed by atoms with Crippen LogP contribution in [0.4, 0.5) is 0 Å².